The molecule has 1 heterocycles. The van der Waals surface area contributed by atoms with Crippen LogP contribution >= 0.6 is 0 Å². The van der Waals surface area contributed by atoms with Gasteiger partial charge in [0.1, 0.15) is 5.75 Å². The number of ether oxygens (including phenoxy) is 1. The lowest BCUT2D eigenvalue weighted by Crippen LogP contribution is -2.34. The number of carbonyl (C=O) groups is 1. The molecule has 1 amide bonds. The topological polar surface area (TPSA) is 41.6 Å². The Morgan fingerprint density at radius 2 is 1.86 bits per heavy atom. The van der Waals surface area contributed by atoms with E-state index >= 15 is 0 Å². The van der Waals surface area contributed by atoms with Gasteiger partial charge in [-0.05, 0) is 60.9 Å². The van der Waals surface area contributed by atoms with E-state index in [0.717, 1.165) is 35.9 Å². The smallest absolute Gasteiger partial charge is 0.258 e. The molecule has 0 bridgehead atoms. The summed E-state index contributed by atoms with van der Waals surface area (Å²) in [6, 6.07) is 16.4. The molecule has 1 saturated heterocycles. The summed E-state index contributed by atoms with van der Waals surface area (Å²) in [5.74, 6) is 1.78. The van der Waals surface area contributed by atoms with Crippen molar-refractivity contribution in [2.75, 3.05) is 24.6 Å². The van der Waals surface area contributed by atoms with Gasteiger partial charge in [-0.15, -0.1) is 0 Å². The molecular weight excluding hydrogens is 360 g/mol. The van der Waals surface area contributed by atoms with E-state index in [1.54, 1.807) is 0 Å². The molecule has 1 fully saturated rings. The fourth-order valence-corrected chi connectivity index (χ4v) is 4.00. The quantitative estimate of drug-likeness (QED) is 0.693. The van der Waals surface area contributed by atoms with E-state index in [1.165, 1.54) is 18.5 Å². The third-order valence-corrected chi connectivity index (χ3v) is 5.69. The molecule has 156 valence electrons. The third-order valence-electron chi connectivity index (χ3n) is 5.69. The molecule has 1 aliphatic rings. The molecule has 4 nitrogen and oxygen atoms in total. The van der Waals surface area contributed by atoms with Gasteiger partial charge in [0, 0.05) is 18.8 Å². The summed E-state index contributed by atoms with van der Waals surface area (Å²) in [6.07, 6.45) is 2.58. The van der Waals surface area contributed by atoms with E-state index in [1.807, 2.05) is 31.2 Å². The van der Waals surface area contributed by atoms with Crippen molar-refractivity contribution in [3.63, 3.8) is 0 Å². The molecule has 1 N–H and O–H groups in total. The van der Waals surface area contributed by atoms with Crippen LogP contribution in [0.15, 0.2) is 48.5 Å². The molecule has 0 spiro atoms. The normalized spacial score (nSPS) is 17.8. The molecule has 2 aromatic carbocycles. The number of amides is 1. The minimum atomic E-state index is -0.106. The summed E-state index contributed by atoms with van der Waals surface area (Å²) < 4.78 is 5.79. The maximum absolute atomic E-state index is 12.4. The Kier molecular flexibility index (Phi) is 7.18. The fraction of sp³-hybridized carbons (Fsp3) is 0.480. The molecule has 0 saturated carbocycles. The molecule has 1 aliphatic heterocycles. The highest BCUT2D eigenvalue weighted by Gasteiger charge is 2.17. The Bertz CT molecular complexity index is 801. The fourth-order valence-electron chi connectivity index (χ4n) is 4.00. The van der Waals surface area contributed by atoms with Crippen LogP contribution in [0, 0.1) is 5.92 Å². The molecular formula is C25H34N2O2. The van der Waals surface area contributed by atoms with Gasteiger partial charge in [-0.25, -0.2) is 0 Å². The van der Waals surface area contributed by atoms with Crippen LogP contribution in [0.1, 0.15) is 63.6 Å². The zero-order valence-electron chi connectivity index (χ0n) is 18.2. The summed E-state index contributed by atoms with van der Waals surface area (Å²) in [6.45, 7) is 10.9. The van der Waals surface area contributed by atoms with Crippen molar-refractivity contribution in [3.05, 3.63) is 59.7 Å². The summed E-state index contributed by atoms with van der Waals surface area (Å²) in [5.41, 5.74) is 3.50. The van der Waals surface area contributed by atoms with E-state index < -0.39 is 0 Å². The van der Waals surface area contributed by atoms with E-state index in [2.05, 4.69) is 55.3 Å². The van der Waals surface area contributed by atoms with Gasteiger partial charge in [0.2, 0.25) is 0 Å². The average molecular weight is 395 g/mol. The summed E-state index contributed by atoms with van der Waals surface area (Å²) in [7, 11) is 0. The van der Waals surface area contributed by atoms with Crippen molar-refractivity contribution < 1.29 is 9.53 Å². The molecule has 2 aromatic rings. The number of hydrogen-bond donors (Lipinski definition) is 1. The van der Waals surface area contributed by atoms with Crippen LogP contribution in [-0.4, -0.2) is 25.6 Å². The Balaban J connectivity index is 1.53. The SMILES string of the molecule is CC(C)c1ccccc1OCC(=O)N[C@H](C)c1ccc(N2CCC[C@H](C)C2)cc1. The summed E-state index contributed by atoms with van der Waals surface area (Å²) >= 11 is 0. The highest BCUT2D eigenvalue weighted by Crippen LogP contribution is 2.26. The zero-order chi connectivity index (χ0) is 20.8. The molecule has 0 aliphatic carbocycles. The number of rotatable bonds is 7. The lowest BCUT2D eigenvalue weighted by molar-refractivity contribution is -0.123. The number of benzene rings is 2. The van der Waals surface area contributed by atoms with Crippen LogP contribution in [0.3, 0.4) is 0 Å². The first-order valence-corrected chi connectivity index (χ1v) is 10.8. The van der Waals surface area contributed by atoms with Crippen LogP contribution < -0.4 is 15.0 Å². The van der Waals surface area contributed by atoms with Crippen molar-refractivity contribution in [2.45, 2.75) is 52.5 Å². The second-order valence-electron chi connectivity index (χ2n) is 8.56. The first kappa shape index (κ1) is 21.2. The standard InChI is InChI=1S/C25H34N2O2/c1-18(2)23-9-5-6-10-24(23)29-17-25(28)26-20(4)21-11-13-22(14-12-21)27-15-7-8-19(3)16-27/h5-6,9-14,18-20H,7-8,15-17H2,1-4H3,(H,26,28)/t19-,20+/m0/s1. The van der Waals surface area contributed by atoms with Crippen LogP contribution in [0.25, 0.3) is 0 Å². The van der Waals surface area contributed by atoms with E-state index in [4.69, 9.17) is 4.74 Å². The number of hydrogen-bond acceptors (Lipinski definition) is 3. The lowest BCUT2D eigenvalue weighted by atomic mass is 9.99. The summed E-state index contributed by atoms with van der Waals surface area (Å²) in [4.78, 5) is 14.8. The van der Waals surface area contributed by atoms with Crippen molar-refractivity contribution in [2.24, 2.45) is 5.92 Å². The van der Waals surface area contributed by atoms with Crippen LogP contribution in [0.2, 0.25) is 0 Å². The molecule has 0 unspecified atom stereocenters. The number of piperidine rings is 1. The number of nitrogens with one attached hydrogen (secondary N) is 1. The van der Waals surface area contributed by atoms with Crippen LogP contribution in [-0.2, 0) is 4.79 Å². The van der Waals surface area contributed by atoms with Crippen molar-refractivity contribution >= 4 is 11.6 Å². The number of para-hydroxylation sites is 1. The van der Waals surface area contributed by atoms with Crippen LogP contribution in [0.5, 0.6) is 5.75 Å². The van der Waals surface area contributed by atoms with E-state index in [0.29, 0.717) is 5.92 Å². The van der Waals surface area contributed by atoms with E-state index in [9.17, 15) is 4.79 Å². The minimum absolute atomic E-state index is 0.0256. The molecule has 0 radical (unpaired) electrons. The van der Waals surface area contributed by atoms with Crippen LogP contribution in [0.4, 0.5) is 5.69 Å². The minimum Gasteiger partial charge on any atom is -0.483 e. The van der Waals surface area contributed by atoms with Gasteiger partial charge >= 0.3 is 0 Å². The predicted octanol–water partition coefficient (Wildman–Crippen LogP) is 5.30. The van der Waals surface area contributed by atoms with E-state index in [-0.39, 0.29) is 18.6 Å². The first-order chi connectivity index (χ1) is 13.9. The maximum atomic E-state index is 12.4. The Morgan fingerprint density at radius 3 is 2.55 bits per heavy atom. The van der Waals surface area contributed by atoms with Crippen molar-refractivity contribution in [1.29, 1.82) is 0 Å². The van der Waals surface area contributed by atoms with Gasteiger partial charge in [0.05, 0.1) is 6.04 Å². The largest absolute Gasteiger partial charge is 0.483 e. The maximum Gasteiger partial charge on any atom is 0.258 e. The molecule has 4 heteroatoms. The van der Waals surface area contributed by atoms with Gasteiger partial charge in [0.15, 0.2) is 6.61 Å². The summed E-state index contributed by atoms with van der Waals surface area (Å²) in [5, 5.41) is 3.04. The van der Waals surface area contributed by atoms with Gasteiger partial charge in [-0.2, -0.15) is 0 Å². The molecule has 29 heavy (non-hydrogen) atoms. The second kappa shape index (κ2) is 9.82. The molecule has 3 rings (SSSR count). The number of anilines is 1. The van der Waals surface area contributed by atoms with Gasteiger partial charge in [0.25, 0.3) is 5.91 Å². The zero-order valence-corrected chi connectivity index (χ0v) is 18.2. The monoisotopic (exact) mass is 394 g/mol. The first-order valence-electron chi connectivity index (χ1n) is 10.8. The average Bonchev–Trinajstić information content (AvgIpc) is 2.72. The number of carbonyl (C=O) groups excluding carboxylic acids is 1. The Morgan fingerprint density at radius 1 is 1.14 bits per heavy atom. The van der Waals surface area contributed by atoms with Crippen molar-refractivity contribution in [3.8, 4) is 5.75 Å². The van der Waals surface area contributed by atoms with Gasteiger partial charge in [-0.3, -0.25) is 4.79 Å². The third kappa shape index (κ3) is 5.75. The molecule has 2 atom stereocenters. The van der Waals surface area contributed by atoms with Gasteiger partial charge in [-0.1, -0.05) is 51.1 Å². The molecule has 0 aromatic heterocycles. The van der Waals surface area contributed by atoms with Crippen molar-refractivity contribution in [1.82, 2.24) is 5.32 Å². The Hall–Kier alpha value is -2.49. The highest BCUT2D eigenvalue weighted by atomic mass is 16.5. The van der Waals surface area contributed by atoms with Gasteiger partial charge < -0.3 is 15.0 Å². The second-order valence-corrected chi connectivity index (χ2v) is 8.56. The Labute approximate surface area is 175 Å². The predicted molar refractivity (Wildman–Crippen MR) is 120 cm³/mol. The number of nitrogens with zero attached hydrogens (tertiary/aromatic N) is 1. The lowest BCUT2D eigenvalue weighted by Gasteiger charge is -2.33. The highest BCUT2D eigenvalue weighted by molar-refractivity contribution is 5.78.